The molecule has 1 heterocycles. The number of hydrogen-bond acceptors (Lipinski definition) is 2. The average Bonchev–Trinajstić information content (AvgIpc) is 3.19. The lowest BCUT2D eigenvalue weighted by Gasteiger charge is -2.32. The number of hydrogen-bond donors (Lipinski definition) is 1. The molecule has 0 unspecified atom stereocenters. The van der Waals surface area contributed by atoms with Crippen LogP contribution in [0.25, 0.3) is 0 Å². The standard InChI is InChI=1S/C24H28ClFN2O/c1-16(19-9-8-17-4-2-5-20(17)14-19)27-24(29)18-10-12-28(13-11-18)15-21-22(25)6-3-7-23(21)26/h3,6-9,14,16,18H,2,4-5,10-13,15H2,1H3,(H,27,29)/t16-/m1/s1. The van der Waals surface area contributed by atoms with E-state index in [4.69, 9.17) is 11.6 Å². The van der Waals surface area contributed by atoms with Crippen molar-refractivity contribution in [2.24, 2.45) is 5.92 Å². The molecule has 4 rings (SSSR count). The number of halogens is 2. The number of nitrogens with zero attached hydrogens (tertiary/aromatic N) is 1. The van der Waals surface area contributed by atoms with E-state index < -0.39 is 0 Å². The molecule has 1 fully saturated rings. The zero-order valence-electron chi connectivity index (χ0n) is 16.9. The average molecular weight is 415 g/mol. The summed E-state index contributed by atoms with van der Waals surface area (Å²) in [7, 11) is 0. The third kappa shape index (κ3) is 4.65. The van der Waals surface area contributed by atoms with Crippen LogP contribution in [0, 0.1) is 11.7 Å². The molecule has 0 spiro atoms. The van der Waals surface area contributed by atoms with E-state index in [1.54, 1.807) is 12.1 Å². The highest BCUT2D eigenvalue weighted by molar-refractivity contribution is 6.31. The Balaban J connectivity index is 1.30. The first-order valence-corrected chi connectivity index (χ1v) is 11.0. The van der Waals surface area contributed by atoms with E-state index in [9.17, 15) is 9.18 Å². The SMILES string of the molecule is C[C@@H](NC(=O)C1CCN(Cc2c(F)cccc2Cl)CC1)c1ccc2c(c1)CCC2. The van der Waals surface area contributed by atoms with Gasteiger partial charge >= 0.3 is 0 Å². The number of nitrogens with one attached hydrogen (secondary N) is 1. The monoisotopic (exact) mass is 414 g/mol. The van der Waals surface area contributed by atoms with Gasteiger partial charge in [0.25, 0.3) is 0 Å². The number of fused-ring (bicyclic) bond motifs is 1. The van der Waals surface area contributed by atoms with Gasteiger partial charge in [0.2, 0.25) is 5.91 Å². The lowest BCUT2D eigenvalue weighted by atomic mass is 9.94. The summed E-state index contributed by atoms with van der Waals surface area (Å²) in [6.07, 6.45) is 5.13. The molecular weight excluding hydrogens is 387 g/mol. The number of benzene rings is 2. The van der Waals surface area contributed by atoms with Crippen LogP contribution in [-0.2, 0) is 24.2 Å². The Morgan fingerprint density at radius 1 is 1.21 bits per heavy atom. The van der Waals surface area contributed by atoms with Crippen LogP contribution in [0.1, 0.15) is 54.5 Å². The summed E-state index contributed by atoms with van der Waals surface area (Å²) < 4.78 is 14.0. The molecule has 1 aliphatic heterocycles. The lowest BCUT2D eigenvalue weighted by Crippen LogP contribution is -2.41. The number of likely N-dealkylation sites (tertiary alicyclic amines) is 1. The van der Waals surface area contributed by atoms with Gasteiger partial charge in [0.15, 0.2) is 0 Å². The third-order valence-corrected chi connectivity index (χ3v) is 6.74. The van der Waals surface area contributed by atoms with Crippen molar-refractivity contribution in [3.63, 3.8) is 0 Å². The molecule has 2 aromatic carbocycles. The number of piperidine rings is 1. The predicted molar refractivity (Wildman–Crippen MR) is 114 cm³/mol. The Morgan fingerprint density at radius 2 is 1.97 bits per heavy atom. The maximum Gasteiger partial charge on any atom is 0.223 e. The molecule has 2 aromatic rings. The molecule has 0 bridgehead atoms. The van der Waals surface area contributed by atoms with E-state index >= 15 is 0 Å². The Labute approximate surface area is 177 Å². The number of carbonyl (C=O) groups excluding carboxylic acids is 1. The van der Waals surface area contributed by atoms with Crippen LogP contribution in [0.3, 0.4) is 0 Å². The van der Waals surface area contributed by atoms with Gasteiger partial charge in [-0.05, 0) is 80.9 Å². The van der Waals surface area contributed by atoms with Gasteiger partial charge in [-0.15, -0.1) is 0 Å². The van der Waals surface area contributed by atoms with E-state index in [0.29, 0.717) is 17.1 Å². The van der Waals surface area contributed by atoms with Crippen LogP contribution in [0.2, 0.25) is 5.02 Å². The number of rotatable bonds is 5. The van der Waals surface area contributed by atoms with E-state index in [2.05, 4.69) is 35.3 Å². The van der Waals surface area contributed by atoms with Crippen LogP contribution in [0.4, 0.5) is 4.39 Å². The molecule has 29 heavy (non-hydrogen) atoms. The van der Waals surface area contributed by atoms with Gasteiger partial charge in [0.05, 0.1) is 6.04 Å². The van der Waals surface area contributed by atoms with Gasteiger partial charge in [-0.25, -0.2) is 4.39 Å². The van der Waals surface area contributed by atoms with Crippen LogP contribution in [-0.4, -0.2) is 23.9 Å². The Hall–Kier alpha value is -1.91. The molecule has 3 nitrogen and oxygen atoms in total. The molecule has 154 valence electrons. The van der Waals surface area contributed by atoms with Gasteiger partial charge < -0.3 is 5.32 Å². The van der Waals surface area contributed by atoms with Crippen LogP contribution < -0.4 is 5.32 Å². The highest BCUT2D eigenvalue weighted by Gasteiger charge is 2.27. The first-order valence-electron chi connectivity index (χ1n) is 10.6. The van der Waals surface area contributed by atoms with Crippen molar-refractivity contribution >= 4 is 17.5 Å². The van der Waals surface area contributed by atoms with Crippen LogP contribution in [0.15, 0.2) is 36.4 Å². The quantitative estimate of drug-likeness (QED) is 0.741. The van der Waals surface area contributed by atoms with E-state index in [1.165, 1.54) is 35.6 Å². The molecule has 0 radical (unpaired) electrons. The van der Waals surface area contributed by atoms with Gasteiger partial charge in [0, 0.05) is 23.0 Å². The molecule has 1 N–H and O–H groups in total. The molecule has 1 saturated heterocycles. The minimum Gasteiger partial charge on any atom is -0.349 e. The maximum absolute atomic E-state index is 14.0. The molecule has 2 aliphatic rings. The van der Waals surface area contributed by atoms with Crippen molar-refractivity contribution in [1.82, 2.24) is 10.2 Å². The zero-order valence-corrected chi connectivity index (χ0v) is 17.6. The summed E-state index contributed by atoms with van der Waals surface area (Å²) in [5.74, 6) is -0.124. The second-order valence-corrected chi connectivity index (χ2v) is 8.77. The second kappa shape index (κ2) is 8.85. The zero-order chi connectivity index (χ0) is 20.4. The van der Waals surface area contributed by atoms with Gasteiger partial charge in [0.1, 0.15) is 5.82 Å². The fourth-order valence-electron chi connectivity index (χ4n) is 4.54. The molecule has 1 amide bonds. The molecule has 1 atom stereocenters. The minimum atomic E-state index is -0.263. The predicted octanol–water partition coefficient (Wildman–Crippen LogP) is 5.06. The third-order valence-electron chi connectivity index (χ3n) is 6.38. The van der Waals surface area contributed by atoms with Crippen molar-refractivity contribution in [3.8, 4) is 0 Å². The highest BCUT2D eigenvalue weighted by atomic mass is 35.5. The number of amides is 1. The summed E-state index contributed by atoms with van der Waals surface area (Å²) in [5.41, 5.74) is 4.62. The van der Waals surface area contributed by atoms with E-state index in [-0.39, 0.29) is 23.7 Å². The van der Waals surface area contributed by atoms with Gasteiger partial charge in [-0.3, -0.25) is 9.69 Å². The fraction of sp³-hybridized carbons (Fsp3) is 0.458. The normalized spacial score (nSPS) is 18.4. The van der Waals surface area contributed by atoms with Crippen molar-refractivity contribution < 1.29 is 9.18 Å². The summed E-state index contributed by atoms with van der Waals surface area (Å²) in [6.45, 7) is 4.10. The van der Waals surface area contributed by atoms with Crippen molar-refractivity contribution in [2.45, 2.75) is 51.6 Å². The molecular formula is C24H28ClFN2O. The smallest absolute Gasteiger partial charge is 0.223 e. The summed E-state index contributed by atoms with van der Waals surface area (Å²) in [6, 6.07) is 11.4. The minimum absolute atomic E-state index is 0.0132. The molecule has 5 heteroatoms. The van der Waals surface area contributed by atoms with Crippen LogP contribution in [0.5, 0.6) is 0 Å². The number of carbonyl (C=O) groups is 1. The Morgan fingerprint density at radius 3 is 2.72 bits per heavy atom. The first kappa shape index (κ1) is 20.4. The van der Waals surface area contributed by atoms with E-state index in [0.717, 1.165) is 32.4 Å². The van der Waals surface area contributed by atoms with E-state index in [1.807, 2.05) is 0 Å². The van der Waals surface area contributed by atoms with Crippen molar-refractivity contribution in [3.05, 3.63) is 69.5 Å². The van der Waals surface area contributed by atoms with Gasteiger partial charge in [-0.2, -0.15) is 0 Å². The van der Waals surface area contributed by atoms with Crippen molar-refractivity contribution in [1.29, 1.82) is 0 Å². The topological polar surface area (TPSA) is 32.3 Å². The highest BCUT2D eigenvalue weighted by Crippen LogP contribution is 2.27. The largest absolute Gasteiger partial charge is 0.349 e. The molecule has 1 aliphatic carbocycles. The second-order valence-electron chi connectivity index (χ2n) is 8.36. The molecule has 0 aromatic heterocycles. The first-order chi connectivity index (χ1) is 14.0. The Bertz CT molecular complexity index is 872. The number of aryl methyl sites for hydroxylation is 2. The van der Waals surface area contributed by atoms with Crippen LogP contribution >= 0.6 is 11.6 Å². The lowest BCUT2D eigenvalue weighted by molar-refractivity contribution is -0.127. The van der Waals surface area contributed by atoms with Crippen molar-refractivity contribution in [2.75, 3.05) is 13.1 Å². The summed E-state index contributed by atoms with van der Waals surface area (Å²) in [5, 5.41) is 3.67. The maximum atomic E-state index is 14.0. The summed E-state index contributed by atoms with van der Waals surface area (Å²) >= 11 is 6.15. The Kier molecular flexibility index (Phi) is 6.21. The fourth-order valence-corrected chi connectivity index (χ4v) is 4.76. The van der Waals surface area contributed by atoms with Gasteiger partial charge in [-0.1, -0.05) is 35.9 Å². The molecule has 0 saturated carbocycles. The summed E-state index contributed by atoms with van der Waals surface area (Å²) in [4.78, 5) is 15.0.